The van der Waals surface area contributed by atoms with E-state index in [1.165, 1.54) is 141 Å². The van der Waals surface area contributed by atoms with Gasteiger partial charge in [0.15, 0.2) is 6.10 Å². The number of carbonyl (C=O) groups excluding carboxylic acids is 3. The van der Waals surface area contributed by atoms with Gasteiger partial charge >= 0.3 is 17.9 Å². The van der Waals surface area contributed by atoms with Gasteiger partial charge in [-0.25, -0.2) is 0 Å². The number of hydrogen-bond donors (Lipinski definition) is 0. The highest BCUT2D eigenvalue weighted by molar-refractivity contribution is 5.71. The van der Waals surface area contributed by atoms with Gasteiger partial charge in [-0.1, -0.05) is 255 Å². The Balaban J connectivity index is 4.14. The number of carbonyl (C=O) groups is 3. The Hall–Kier alpha value is -2.89. The molecule has 376 valence electrons. The van der Waals surface area contributed by atoms with Crippen LogP contribution < -0.4 is 0 Å². The van der Waals surface area contributed by atoms with Gasteiger partial charge in [-0.05, 0) is 64.2 Å². The third-order valence-electron chi connectivity index (χ3n) is 12.0. The molecule has 0 aliphatic rings. The van der Waals surface area contributed by atoms with Crippen LogP contribution in [-0.2, 0) is 28.6 Å². The summed E-state index contributed by atoms with van der Waals surface area (Å²) in [7, 11) is 0. The van der Waals surface area contributed by atoms with Crippen LogP contribution in [0.4, 0.5) is 0 Å². The molecule has 0 rings (SSSR count). The molecule has 0 heterocycles. The first kappa shape index (κ1) is 62.1. The van der Waals surface area contributed by atoms with Crippen molar-refractivity contribution in [2.75, 3.05) is 13.2 Å². The second kappa shape index (κ2) is 53.7. The fourth-order valence-corrected chi connectivity index (χ4v) is 7.88. The zero-order valence-electron chi connectivity index (χ0n) is 43.0. The van der Waals surface area contributed by atoms with Crippen molar-refractivity contribution < 1.29 is 28.6 Å². The fraction of sp³-hybridized carbons (Fsp3) is 0.780. The van der Waals surface area contributed by atoms with Gasteiger partial charge in [0.25, 0.3) is 0 Å². The zero-order valence-corrected chi connectivity index (χ0v) is 43.0. The van der Waals surface area contributed by atoms with Crippen molar-refractivity contribution >= 4 is 17.9 Å². The van der Waals surface area contributed by atoms with Gasteiger partial charge in [0.1, 0.15) is 13.2 Å². The van der Waals surface area contributed by atoms with Crippen LogP contribution in [0.1, 0.15) is 278 Å². The Bertz CT molecular complexity index is 1180. The minimum atomic E-state index is -0.770. The topological polar surface area (TPSA) is 78.9 Å². The van der Waals surface area contributed by atoms with Crippen molar-refractivity contribution in [3.05, 3.63) is 60.8 Å². The molecular weight excluding hydrogens is 805 g/mol. The van der Waals surface area contributed by atoms with Crippen LogP contribution in [-0.4, -0.2) is 37.2 Å². The van der Waals surface area contributed by atoms with Gasteiger partial charge in [-0.3, -0.25) is 14.4 Å². The van der Waals surface area contributed by atoms with Crippen LogP contribution >= 0.6 is 0 Å². The first-order valence-corrected chi connectivity index (χ1v) is 27.8. The molecule has 0 aromatic rings. The standard InChI is InChI=1S/C59H104O6/c1-4-7-10-13-16-18-20-22-24-26-27-28-29-30-31-32-33-34-36-37-39-41-43-46-49-52-58(61)64-55-56(54-63-57(60)51-48-45-15-12-9-6-3)65-59(62)53-50-47-44-42-40-38-35-25-23-21-19-17-14-11-8-5-2/h7,10,16,18,22,24,27-28,30-31,56H,4-6,8-9,11-15,17,19-21,23,25-26,29,32-55H2,1-3H3/b10-7-,18-16-,24-22-,28-27-,31-30-. The summed E-state index contributed by atoms with van der Waals surface area (Å²) in [4.78, 5) is 37.8. The van der Waals surface area contributed by atoms with Crippen LogP contribution in [0.15, 0.2) is 60.8 Å². The Morgan fingerprint density at radius 3 is 0.938 bits per heavy atom. The maximum atomic E-state index is 12.8. The molecule has 0 radical (unpaired) electrons. The second-order valence-corrected chi connectivity index (χ2v) is 18.5. The number of rotatable bonds is 50. The van der Waals surface area contributed by atoms with E-state index in [-0.39, 0.29) is 31.1 Å². The minimum Gasteiger partial charge on any atom is -0.462 e. The van der Waals surface area contributed by atoms with Gasteiger partial charge in [-0.15, -0.1) is 0 Å². The summed E-state index contributed by atoms with van der Waals surface area (Å²) >= 11 is 0. The normalized spacial score (nSPS) is 12.5. The summed E-state index contributed by atoms with van der Waals surface area (Å²) in [5.41, 5.74) is 0. The lowest BCUT2D eigenvalue weighted by Gasteiger charge is -2.18. The molecule has 0 N–H and O–H groups in total. The van der Waals surface area contributed by atoms with Crippen LogP contribution in [0.25, 0.3) is 0 Å². The van der Waals surface area contributed by atoms with Crippen LogP contribution in [0, 0.1) is 0 Å². The van der Waals surface area contributed by atoms with Gasteiger partial charge in [0, 0.05) is 19.3 Å². The molecule has 0 amide bonds. The van der Waals surface area contributed by atoms with E-state index >= 15 is 0 Å². The Kier molecular flexibility index (Phi) is 51.3. The van der Waals surface area contributed by atoms with Crippen LogP contribution in [0.3, 0.4) is 0 Å². The maximum Gasteiger partial charge on any atom is 0.306 e. The van der Waals surface area contributed by atoms with Gasteiger partial charge < -0.3 is 14.2 Å². The number of ether oxygens (including phenoxy) is 3. The maximum absolute atomic E-state index is 12.8. The van der Waals surface area contributed by atoms with Gasteiger partial charge in [0.05, 0.1) is 0 Å². The van der Waals surface area contributed by atoms with Crippen molar-refractivity contribution in [2.45, 2.75) is 284 Å². The third-order valence-corrected chi connectivity index (χ3v) is 12.0. The highest BCUT2D eigenvalue weighted by Crippen LogP contribution is 2.16. The van der Waals surface area contributed by atoms with Crippen LogP contribution in [0.5, 0.6) is 0 Å². The van der Waals surface area contributed by atoms with Crippen molar-refractivity contribution in [1.29, 1.82) is 0 Å². The van der Waals surface area contributed by atoms with Crippen molar-refractivity contribution in [3.8, 4) is 0 Å². The monoisotopic (exact) mass is 909 g/mol. The Morgan fingerprint density at radius 1 is 0.323 bits per heavy atom. The summed E-state index contributed by atoms with van der Waals surface area (Å²) in [6.07, 6.45) is 66.7. The SMILES string of the molecule is CC/C=C\C/C=C\C/C=C\C/C=C\C/C=C\CCCCCCCCCCCC(=O)OCC(COC(=O)CCCCCCCC)OC(=O)CCCCCCCCCCCCCCCCCC. The predicted molar refractivity (Wildman–Crippen MR) is 279 cm³/mol. The molecule has 0 aromatic heterocycles. The molecule has 1 unspecified atom stereocenters. The summed E-state index contributed by atoms with van der Waals surface area (Å²) in [6.45, 7) is 6.48. The number of hydrogen-bond acceptors (Lipinski definition) is 6. The first-order chi connectivity index (χ1) is 32.0. The highest BCUT2D eigenvalue weighted by atomic mass is 16.6. The molecule has 0 aliphatic heterocycles. The van der Waals surface area contributed by atoms with Crippen molar-refractivity contribution in [1.82, 2.24) is 0 Å². The molecule has 0 saturated carbocycles. The van der Waals surface area contributed by atoms with E-state index in [0.29, 0.717) is 19.3 Å². The van der Waals surface area contributed by atoms with E-state index in [2.05, 4.69) is 81.5 Å². The molecule has 0 spiro atoms. The quantitative estimate of drug-likeness (QED) is 0.0262. The Labute approximate surface area is 402 Å². The lowest BCUT2D eigenvalue weighted by molar-refractivity contribution is -0.167. The first-order valence-electron chi connectivity index (χ1n) is 27.8. The molecule has 0 aromatic carbocycles. The van der Waals surface area contributed by atoms with E-state index in [0.717, 1.165) is 96.3 Å². The molecule has 0 bridgehead atoms. The largest absolute Gasteiger partial charge is 0.462 e. The van der Waals surface area contributed by atoms with Gasteiger partial charge in [-0.2, -0.15) is 0 Å². The summed E-state index contributed by atoms with van der Waals surface area (Å²) in [5, 5.41) is 0. The molecule has 6 nitrogen and oxygen atoms in total. The second-order valence-electron chi connectivity index (χ2n) is 18.5. The number of allylic oxidation sites excluding steroid dienone is 10. The average Bonchev–Trinajstić information content (AvgIpc) is 3.30. The van der Waals surface area contributed by atoms with Crippen molar-refractivity contribution in [3.63, 3.8) is 0 Å². The van der Waals surface area contributed by atoms with Crippen molar-refractivity contribution in [2.24, 2.45) is 0 Å². The molecule has 6 heteroatoms. The molecule has 0 fully saturated rings. The highest BCUT2D eigenvalue weighted by Gasteiger charge is 2.19. The summed E-state index contributed by atoms with van der Waals surface area (Å²) in [5.74, 6) is -0.879. The summed E-state index contributed by atoms with van der Waals surface area (Å²) < 4.78 is 16.7. The van der Waals surface area contributed by atoms with Crippen LogP contribution in [0.2, 0.25) is 0 Å². The molecule has 0 saturated heterocycles. The zero-order chi connectivity index (χ0) is 47.2. The Morgan fingerprint density at radius 2 is 0.600 bits per heavy atom. The number of unbranched alkanes of at least 4 members (excludes halogenated alkanes) is 29. The van der Waals surface area contributed by atoms with E-state index < -0.39 is 6.10 Å². The minimum absolute atomic E-state index is 0.0734. The fourth-order valence-electron chi connectivity index (χ4n) is 7.88. The lowest BCUT2D eigenvalue weighted by Crippen LogP contribution is -2.30. The average molecular weight is 909 g/mol. The lowest BCUT2D eigenvalue weighted by atomic mass is 10.0. The summed E-state index contributed by atoms with van der Waals surface area (Å²) in [6, 6.07) is 0. The predicted octanol–water partition coefficient (Wildman–Crippen LogP) is 18.4. The molecular formula is C59H104O6. The van der Waals surface area contributed by atoms with E-state index in [1.807, 2.05) is 0 Å². The van der Waals surface area contributed by atoms with E-state index in [4.69, 9.17) is 14.2 Å². The molecule has 0 aliphatic carbocycles. The van der Waals surface area contributed by atoms with Gasteiger partial charge in [0.2, 0.25) is 0 Å². The third kappa shape index (κ3) is 51.9. The molecule has 65 heavy (non-hydrogen) atoms. The van der Waals surface area contributed by atoms with E-state index in [9.17, 15) is 14.4 Å². The van der Waals surface area contributed by atoms with E-state index in [1.54, 1.807) is 0 Å². The molecule has 1 atom stereocenters. The smallest absolute Gasteiger partial charge is 0.306 e. The number of esters is 3.